The van der Waals surface area contributed by atoms with Crippen LogP contribution in [0.1, 0.15) is 18.4 Å². The Labute approximate surface area is 156 Å². The van der Waals surface area contributed by atoms with Crippen LogP contribution in [0.4, 0.5) is 16.2 Å². The fourth-order valence-corrected chi connectivity index (χ4v) is 2.78. The zero-order valence-electron chi connectivity index (χ0n) is 14.1. The maximum Gasteiger partial charge on any atom is 0.319 e. The van der Waals surface area contributed by atoms with Crippen molar-refractivity contribution in [2.45, 2.75) is 25.5 Å². The van der Waals surface area contributed by atoms with Crippen molar-refractivity contribution in [3.8, 4) is 0 Å². The van der Waals surface area contributed by atoms with Crippen LogP contribution >= 0.6 is 11.6 Å². The normalized spacial score (nSPS) is 16.1. The van der Waals surface area contributed by atoms with Crippen molar-refractivity contribution in [3.05, 3.63) is 59.1 Å². The lowest BCUT2D eigenvalue weighted by Gasteiger charge is -2.12. The first-order valence-corrected chi connectivity index (χ1v) is 8.80. The van der Waals surface area contributed by atoms with Crippen LogP contribution in [0, 0.1) is 0 Å². The summed E-state index contributed by atoms with van der Waals surface area (Å²) in [5.41, 5.74) is 2.22. The standard InChI is InChI=1S/C19H20ClN3O3/c20-14-6-8-15(9-7-14)23-19(25)21-12-13-3-1-4-16(11-13)22-18(24)17-5-2-10-26-17/h1,3-4,6-9,11,17H,2,5,10,12H2,(H,22,24)(H2,21,23,25). The van der Waals surface area contributed by atoms with Gasteiger partial charge in [0.25, 0.3) is 5.91 Å². The Bertz CT molecular complexity index is 774. The summed E-state index contributed by atoms with van der Waals surface area (Å²) in [6.07, 6.45) is 1.28. The van der Waals surface area contributed by atoms with Crippen molar-refractivity contribution in [3.63, 3.8) is 0 Å². The highest BCUT2D eigenvalue weighted by Gasteiger charge is 2.23. The number of nitrogens with one attached hydrogen (secondary N) is 3. The van der Waals surface area contributed by atoms with Crippen LogP contribution in [0.15, 0.2) is 48.5 Å². The Morgan fingerprint density at radius 3 is 2.62 bits per heavy atom. The van der Waals surface area contributed by atoms with E-state index < -0.39 is 0 Å². The second-order valence-corrected chi connectivity index (χ2v) is 6.44. The molecular weight excluding hydrogens is 354 g/mol. The van der Waals surface area contributed by atoms with E-state index in [4.69, 9.17) is 16.3 Å². The molecule has 6 nitrogen and oxygen atoms in total. The molecule has 0 radical (unpaired) electrons. The first kappa shape index (κ1) is 18.2. The second-order valence-electron chi connectivity index (χ2n) is 6.01. The van der Waals surface area contributed by atoms with Crippen molar-refractivity contribution in [1.29, 1.82) is 0 Å². The monoisotopic (exact) mass is 373 g/mol. The molecule has 1 heterocycles. The molecule has 3 rings (SSSR count). The van der Waals surface area contributed by atoms with E-state index in [0.717, 1.165) is 18.4 Å². The van der Waals surface area contributed by atoms with E-state index in [-0.39, 0.29) is 18.0 Å². The van der Waals surface area contributed by atoms with Gasteiger partial charge in [-0.15, -0.1) is 0 Å². The largest absolute Gasteiger partial charge is 0.368 e. The lowest BCUT2D eigenvalue weighted by Crippen LogP contribution is -2.28. The van der Waals surface area contributed by atoms with Gasteiger partial charge in [0.15, 0.2) is 0 Å². The molecular formula is C19H20ClN3O3. The molecule has 1 aliphatic heterocycles. The molecule has 3 N–H and O–H groups in total. The molecule has 7 heteroatoms. The Hall–Kier alpha value is -2.57. The van der Waals surface area contributed by atoms with Crippen LogP contribution in [0.25, 0.3) is 0 Å². The highest BCUT2D eigenvalue weighted by atomic mass is 35.5. The molecule has 2 aromatic rings. The number of hydrogen-bond donors (Lipinski definition) is 3. The minimum Gasteiger partial charge on any atom is -0.368 e. The minimum atomic E-state index is -0.373. The molecule has 0 aromatic heterocycles. The minimum absolute atomic E-state index is 0.131. The highest BCUT2D eigenvalue weighted by molar-refractivity contribution is 6.30. The van der Waals surface area contributed by atoms with Crippen LogP contribution in [0.3, 0.4) is 0 Å². The number of urea groups is 1. The number of ether oxygens (including phenoxy) is 1. The number of halogens is 1. The number of hydrogen-bond acceptors (Lipinski definition) is 3. The van der Waals surface area contributed by atoms with Gasteiger partial charge in [0.05, 0.1) is 0 Å². The molecule has 0 saturated carbocycles. The summed E-state index contributed by atoms with van der Waals surface area (Å²) in [5.74, 6) is -0.131. The number of rotatable bonds is 5. The van der Waals surface area contributed by atoms with Gasteiger partial charge in [-0.3, -0.25) is 4.79 Å². The Morgan fingerprint density at radius 1 is 1.08 bits per heavy atom. The fraction of sp³-hybridized carbons (Fsp3) is 0.263. The van der Waals surface area contributed by atoms with Crippen LogP contribution in [0.5, 0.6) is 0 Å². The van der Waals surface area contributed by atoms with Crippen LogP contribution in [0.2, 0.25) is 5.02 Å². The smallest absolute Gasteiger partial charge is 0.319 e. The van der Waals surface area contributed by atoms with Crippen molar-refractivity contribution >= 4 is 34.9 Å². The molecule has 0 spiro atoms. The summed E-state index contributed by atoms with van der Waals surface area (Å²) in [5, 5.41) is 8.97. The predicted molar refractivity (Wildman–Crippen MR) is 101 cm³/mol. The first-order chi connectivity index (χ1) is 12.6. The summed E-state index contributed by atoms with van der Waals surface area (Å²) >= 11 is 5.82. The number of anilines is 2. The average molecular weight is 374 g/mol. The molecule has 136 valence electrons. The van der Waals surface area contributed by atoms with E-state index in [2.05, 4.69) is 16.0 Å². The van der Waals surface area contributed by atoms with Gasteiger partial charge < -0.3 is 20.7 Å². The number of carbonyl (C=O) groups is 2. The van der Waals surface area contributed by atoms with Gasteiger partial charge in [-0.05, 0) is 54.8 Å². The van der Waals surface area contributed by atoms with E-state index in [9.17, 15) is 9.59 Å². The predicted octanol–water partition coefficient (Wildman–Crippen LogP) is 3.78. The van der Waals surface area contributed by atoms with Gasteiger partial charge in [-0.1, -0.05) is 23.7 Å². The summed E-state index contributed by atoms with van der Waals surface area (Å²) < 4.78 is 5.37. The van der Waals surface area contributed by atoms with Crippen molar-refractivity contribution in [2.75, 3.05) is 17.2 Å². The molecule has 0 aliphatic carbocycles. The third-order valence-corrected chi connectivity index (χ3v) is 4.22. The number of carbonyl (C=O) groups excluding carboxylic acids is 2. The van der Waals surface area contributed by atoms with Gasteiger partial charge in [0.2, 0.25) is 0 Å². The summed E-state index contributed by atoms with van der Waals surface area (Å²) in [7, 11) is 0. The molecule has 1 fully saturated rings. The SMILES string of the molecule is O=C(NCc1cccc(NC(=O)C2CCCO2)c1)Nc1ccc(Cl)cc1. The first-order valence-electron chi connectivity index (χ1n) is 8.42. The number of benzene rings is 2. The van der Waals surface area contributed by atoms with Gasteiger partial charge in [-0.25, -0.2) is 4.79 Å². The van der Waals surface area contributed by atoms with E-state index in [1.165, 1.54) is 0 Å². The maximum atomic E-state index is 12.1. The molecule has 26 heavy (non-hydrogen) atoms. The molecule has 3 amide bonds. The Balaban J connectivity index is 1.50. The lowest BCUT2D eigenvalue weighted by molar-refractivity contribution is -0.124. The molecule has 1 atom stereocenters. The Morgan fingerprint density at radius 2 is 1.88 bits per heavy atom. The third kappa shape index (κ3) is 5.21. The third-order valence-electron chi connectivity index (χ3n) is 3.97. The van der Waals surface area contributed by atoms with E-state index in [0.29, 0.717) is 29.5 Å². The molecule has 1 saturated heterocycles. The lowest BCUT2D eigenvalue weighted by atomic mass is 10.2. The van der Waals surface area contributed by atoms with Gasteiger partial charge in [0.1, 0.15) is 6.10 Å². The van der Waals surface area contributed by atoms with Crippen molar-refractivity contribution < 1.29 is 14.3 Å². The summed E-state index contributed by atoms with van der Waals surface area (Å²) in [6.45, 7) is 0.966. The average Bonchev–Trinajstić information content (AvgIpc) is 3.17. The highest BCUT2D eigenvalue weighted by Crippen LogP contribution is 2.16. The molecule has 2 aromatic carbocycles. The van der Waals surface area contributed by atoms with Crippen molar-refractivity contribution in [1.82, 2.24) is 5.32 Å². The van der Waals surface area contributed by atoms with Crippen LogP contribution in [-0.2, 0) is 16.1 Å². The van der Waals surface area contributed by atoms with Gasteiger partial charge >= 0.3 is 6.03 Å². The molecule has 0 bridgehead atoms. The maximum absolute atomic E-state index is 12.1. The van der Waals surface area contributed by atoms with Gasteiger partial charge in [-0.2, -0.15) is 0 Å². The summed E-state index contributed by atoms with van der Waals surface area (Å²) in [4.78, 5) is 24.1. The van der Waals surface area contributed by atoms with E-state index >= 15 is 0 Å². The van der Waals surface area contributed by atoms with Crippen LogP contribution < -0.4 is 16.0 Å². The zero-order chi connectivity index (χ0) is 18.4. The quantitative estimate of drug-likeness (QED) is 0.746. The summed E-state index contributed by atoms with van der Waals surface area (Å²) in [6, 6.07) is 13.9. The Kier molecular flexibility index (Phi) is 6.09. The molecule has 1 aliphatic rings. The molecule has 1 unspecified atom stereocenters. The topological polar surface area (TPSA) is 79.5 Å². The van der Waals surface area contributed by atoms with E-state index in [1.54, 1.807) is 24.3 Å². The zero-order valence-corrected chi connectivity index (χ0v) is 14.9. The van der Waals surface area contributed by atoms with Gasteiger partial charge in [0, 0.05) is 29.5 Å². The van der Waals surface area contributed by atoms with Crippen molar-refractivity contribution in [2.24, 2.45) is 0 Å². The van der Waals surface area contributed by atoms with E-state index in [1.807, 2.05) is 24.3 Å². The number of amides is 3. The second kappa shape index (κ2) is 8.69. The fourth-order valence-electron chi connectivity index (χ4n) is 2.66. The van der Waals surface area contributed by atoms with Crippen LogP contribution in [-0.4, -0.2) is 24.6 Å².